The summed E-state index contributed by atoms with van der Waals surface area (Å²) in [6.45, 7) is 4.43. The van der Waals surface area contributed by atoms with Crippen LogP contribution in [-0.4, -0.2) is 61.1 Å². The van der Waals surface area contributed by atoms with Gasteiger partial charge in [0.25, 0.3) is 0 Å². The van der Waals surface area contributed by atoms with Gasteiger partial charge in [0, 0.05) is 56.8 Å². The van der Waals surface area contributed by atoms with Crippen LogP contribution >= 0.6 is 23.2 Å². The van der Waals surface area contributed by atoms with E-state index in [-0.39, 0.29) is 0 Å². The van der Waals surface area contributed by atoms with Gasteiger partial charge in [-0.3, -0.25) is 0 Å². The highest BCUT2D eigenvalue weighted by atomic mass is 35.5. The second-order valence-corrected chi connectivity index (χ2v) is 11.1. The molecule has 9 heteroatoms. The van der Waals surface area contributed by atoms with Gasteiger partial charge in [-0.05, 0) is 75.5 Å². The maximum atomic E-state index is 6.57. The molecule has 3 aliphatic rings. The van der Waals surface area contributed by atoms with Gasteiger partial charge in [-0.25, -0.2) is 9.97 Å². The average Bonchev–Trinajstić information content (AvgIpc) is 3.43. The Morgan fingerprint density at radius 3 is 2.44 bits per heavy atom. The van der Waals surface area contributed by atoms with Crippen LogP contribution in [-0.2, 0) is 9.47 Å². The maximum Gasteiger partial charge on any atom is 0.126 e. The van der Waals surface area contributed by atoms with E-state index in [0.29, 0.717) is 39.8 Å². The van der Waals surface area contributed by atoms with Crippen LogP contribution in [0.5, 0.6) is 0 Å². The summed E-state index contributed by atoms with van der Waals surface area (Å²) >= 11 is 13.1. The Kier molecular flexibility index (Phi) is 9.20. The molecule has 196 valence electrons. The van der Waals surface area contributed by atoms with Gasteiger partial charge < -0.3 is 25.4 Å². The molecule has 1 aliphatic carbocycles. The van der Waals surface area contributed by atoms with Crippen molar-refractivity contribution in [1.29, 1.82) is 0 Å². The largest absolute Gasteiger partial charge is 0.381 e. The van der Waals surface area contributed by atoms with Gasteiger partial charge in [0.1, 0.15) is 11.6 Å². The van der Waals surface area contributed by atoms with E-state index in [0.717, 1.165) is 88.6 Å². The van der Waals surface area contributed by atoms with Crippen LogP contribution in [0.4, 0.5) is 11.6 Å². The first kappa shape index (κ1) is 26.0. The van der Waals surface area contributed by atoms with Crippen LogP contribution in [0.15, 0.2) is 24.4 Å². The molecule has 2 aromatic heterocycles. The van der Waals surface area contributed by atoms with Crippen molar-refractivity contribution < 1.29 is 9.47 Å². The predicted octanol–water partition coefficient (Wildman–Crippen LogP) is 5.78. The molecule has 0 spiro atoms. The molecular formula is C27H37Cl2N5O2. The second-order valence-electron chi connectivity index (χ2n) is 10.2. The minimum Gasteiger partial charge on any atom is -0.381 e. The van der Waals surface area contributed by atoms with Crippen molar-refractivity contribution in [3.05, 3.63) is 34.4 Å². The quantitative estimate of drug-likeness (QED) is 0.376. The minimum atomic E-state index is 0.392. The number of ether oxygens (including phenoxy) is 2. The van der Waals surface area contributed by atoms with Crippen molar-refractivity contribution in [2.45, 2.75) is 69.6 Å². The molecule has 0 unspecified atom stereocenters. The molecule has 0 aromatic carbocycles. The van der Waals surface area contributed by atoms with Crippen molar-refractivity contribution in [2.75, 3.05) is 43.5 Å². The summed E-state index contributed by atoms with van der Waals surface area (Å²) in [4.78, 5) is 9.35. The van der Waals surface area contributed by atoms with Gasteiger partial charge >= 0.3 is 0 Å². The summed E-state index contributed by atoms with van der Waals surface area (Å²) < 4.78 is 11.2. The van der Waals surface area contributed by atoms with E-state index in [1.165, 1.54) is 12.8 Å². The Morgan fingerprint density at radius 2 is 1.67 bits per heavy atom. The topological polar surface area (TPSA) is 80.3 Å². The Bertz CT molecular complexity index is 990. The Balaban J connectivity index is 1.18. The van der Waals surface area contributed by atoms with E-state index in [4.69, 9.17) is 37.7 Å². The van der Waals surface area contributed by atoms with Crippen molar-refractivity contribution in [2.24, 2.45) is 5.92 Å². The minimum absolute atomic E-state index is 0.392. The number of aromatic nitrogens is 2. The van der Waals surface area contributed by atoms with Crippen LogP contribution in [0, 0.1) is 5.92 Å². The average molecular weight is 535 g/mol. The van der Waals surface area contributed by atoms with Gasteiger partial charge in [0.05, 0.1) is 21.8 Å². The molecule has 0 radical (unpaired) electrons. The molecule has 2 aliphatic heterocycles. The lowest BCUT2D eigenvalue weighted by molar-refractivity contribution is 0.0699. The predicted molar refractivity (Wildman–Crippen MR) is 146 cm³/mol. The zero-order valence-electron chi connectivity index (χ0n) is 20.8. The molecule has 2 aromatic rings. The van der Waals surface area contributed by atoms with E-state index >= 15 is 0 Å². The lowest BCUT2D eigenvalue weighted by atomic mass is 9.91. The summed E-state index contributed by atoms with van der Waals surface area (Å²) in [7, 11) is 0. The first-order chi connectivity index (χ1) is 17.6. The number of hydrogen-bond donors (Lipinski definition) is 3. The number of pyridine rings is 2. The van der Waals surface area contributed by atoms with Gasteiger partial charge in [0.15, 0.2) is 0 Å². The third-order valence-corrected chi connectivity index (χ3v) is 8.21. The maximum absolute atomic E-state index is 6.57. The smallest absolute Gasteiger partial charge is 0.126 e. The fourth-order valence-electron chi connectivity index (χ4n) is 5.38. The standard InChI is InChI=1S/C27H37Cl2N5O2/c28-23-7-8-25(31-15-18-9-12-35-13-10-18)34-27(23)22-14-26(32-17-24(22)29)33-20-5-3-19(4-6-20)30-16-21-2-1-11-36-21/h7-8,14,17-21,30H,1-6,9-13,15-16H2,(H,31,34)(H,32,33)/t19?,20?,21-/m1/s1. The van der Waals surface area contributed by atoms with Crippen LogP contribution in [0.2, 0.25) is 10.0 Å². The molecule has 5 rings (SSSR count). The van der Waals surface area contributed by atoms with Crippen molar-refractivity contribution in [3.63, 3.8) is 0 Å². The highest BCUT2D eigenvalue weighted by Crippen LogP contribution is 2.34. The Hall–Kier alpha value is -1.64. The van der Waals surface area contributed by atoms with Crippen LogP contribution in [0.1, 0.15) is 51.4 Å². The zero-order chi connectivity index (χ0) is 24.7. The summed E-state index contributed by atoms with van der Waals surface area (Å²) in [6.07, 6.45) is 11.1. The summed E-state index contributed by atoms with van der Waals surface area (Å²) in [5.74, 6) is 2.21. The Labute approximate surface area is 224 Å². The number of hydrogen-bond acceptors (Lipinski definition) is 7. The lowest BCUT2D eigenvalue weighted by Crippen LogP contribution is -2.40. The lowest BCUT2D eigenvalue weighted by Gasteiger charge is -2.30. The fourth-order valence-corrected chi connectivity index (χ4v) is 5.78. The second kappa shape index (κ2) is 12.7. The van der Waals surface area contributed by atoms with Crippen LogP contribution in [0.25, 0.3) is 11.3 Å². The molecule has 3 fully saturated rings. The number of nitrogens with one attached hydrogen (secondary N) is 3. The highest BCUT2D eigenvalue weighted by molar-refractivity contribution is 6.36. The van der Waals surface area contributed by atoms with Crippen molar-refractivity contribution in [3.8, 4) is 11.3 Å². The first-order valence-electron chi connectivity index (χ1n) is 13.4. The van der Waals surface area contributed by atoms with Gasteiger partial charge in [-0.1, -0.05) is 23.2 Å². The van der Waals surface area contributed by atoms with E-state index in [9.17, 15) is 0 Å². The molecule has 36 heavy (non-hydrogen) atoms. The summed E-state index contributed by atoms with van der Waals surface area (Å²) in [5.41, 5.74) is 1.46. The fraction of sp³-hybridized carbons (Fsp3) is 0.630. The van der Waals surface area contributed by atoms with Gasteiger partial charge in [-0.15, -0.1) is 0 Å². The highest BCUT2D eigenvalue weighted by Gasteiger charge is 2.24. The molecule has 1 atom stereocenters. The molecule has 7 nitrogen and oxygen atoms in total. The van der Waals surface area contributed by atoms with E-state index in [2.05, 4.69) is 20.9 Å². The van der Waals surface area contributed by atoms with E-state index < -0.39 is 0 Å². The monoisotopic (exact) mass is 533 g/mol. The van der Waals surface area contributed by atoms with E-state index in [1.54, 1.807) is 6.20 Å². The van der Waals surface area contributed by atoms with E-state index in [1.807, 2.05) is 18.2 Å². The molecule has 0 bridgehead atoms. The first-order valence-corrected chi connectivity index (χ1v) is 14.2. The Morgan fingerprint density at radius 1 is 0.861 bits per heavy atom. The molecule has 0 amide bonds. The number of rotatable bonds is 9. The number of halogens is 2. The number of anilines is 2. The molecule has 4 heterocycles. The third-order valence-electron chi connectivity index (χ3n) is 7.61. The van der Waals surface area contributed by atoms with Crippen molar-refractivity contribution >= 4 is 34.8 Å². The molecule has 2 saturated heterocycles. The molecule has 1 saturated carbocycles. The van der Waals surface area contributed by atoms with Crippen LogP contribution < -0.4 is 16.0 Å². The third kappa shape index (κ3) is 7.01. The normalized spacial score (nSPS) is 25.1. The summed E-state index contributed by atoms with van der Waals surface area (Å²) in [5, 5.41) is 11.9. The number of nitrogens with zero attached hydrogens (tertiary/aromatic N) is 2. The zero-order valence-corrected chi connectivity index (χ0v) is 22.3. The van der Waals surface area contributed by atoms with Crippen molar-refractivity contribution in [1.82, 2.24) is 15.3 Å². The van der Waals surface area contributed by atoms with Gasteiger partial charge in [0.2, 0.25) is 0 Å². The van der Waals surface area contributed by atoms with Gasteiger partial charge in [-0.2, -0.15) is 0 Å². The molecule has 3 N–H and O–H groups in total. The summed E-state index contributed by atoms with van der Waals surface area (Å²) in [6, 6.07) is 6.74. The molecular weight excluding hydrogens is 497 g/mol. The SMILES string of the molecule is Clc1cnc(NC2CCC(NC[C@H]3CCCO3)CC2)cc1-c1nc(NCC2CCOCC2)ccc1Cl. The van der Waals surface area contributed by atoms with Crippen LogP contribution in [0.3, 0.4) is 0 Å².